The number of esters is 1. The fourth-order valence-electron chi connectivity index (χ4n) is 2.11. The number of rotatable bonds is 5. The van der Waals surface area contributed by atoms with Crippen LogP contribution in [0.15, 0.2) is 28.8 Å². The molecule has 1 aromatic carbocycles. The van der Waals surface area contributed by atoms with Crippen LogP contribution in [0, 0.1) is 0 Å². The Morgan fingerprint density at radius 1 is 1.16 bits per heavy atom. The predicted molar refractivity (Wildman–Crippen MR) is 83.5 cm³/mol. The molecule has 0 radical (unpaired) electrons. The Kier molecular flexibility index (Phi) is 5.49. The number of carbonyl (C=O) groups is 1. The van der Waals surface area contributed by atoms with E-state index in [1.165, 1.54) is 0 Å². The topological polar surface area (TPSA) is 65.2 Å². The number of hydrogen-bond acceptors (Lipinski definition) is 5. The molecule has 0 aliphatic heterocycles. The first-order valence-corrected chi connectivity index (χ1v) is 7.77. The van der Waals surface area contributed by atoms with Gasteiger partial charge in [0.05, 0.1) is 0 Å². The minimum atomic E-state index is -4.66. The highest BCUT2D eigenvalue weighted by Crippen LogP contribution is 2.29. The first kappa shape index (κ1) is 19.0. The van der Waals surface area contributed by atoms with Gasteiger partial charge in [0, 0.05) is 12.0 Å². The van der Waals surface area contributed by atoms with Gasteiger partial charge in [-0.05, 0) is 39.2 Å². The van der Waals surface area contributed by atoms with Crippen LogP contribution in [-0.4, -0.2) is 21.7 Å². The summed E-state index contributed by atoms with van der Waals surface area (Å²) in [5.74, 6) is -1.74. The van der Waals surface area contributed by atoms with Crippen LogP contribution in [0.25, 0.3) is 11.4 Å². The lowest BCUT2D eigenvalue weighted by Gasteiger charge is -2.19. The van der Waals surface area contributed by atoms with Gasteiger partial charge in [-0.2, -0.15) is 18.2 Å². The van der Waals surface area contributed by atoms with Gasteiger partial charge >= 0.3 is 18.0 Å². The third-order valence-corrected chi connectivity index (χ3v) is 3.15. The molecule has 0 spiro atoms. The zero-order valence-corrected chi connectivity index (χ0v) is 14.2. The average Bonchev–Trinajstić information content (AvgIpc) is 2.96. The van der Waals surface area contributed by atoms with Gasteiger partial charge in [0.25, 0.3) is 0 Å². The van der Waals surface area contributed by atoms with E-state index in [9.17, 15) is 18.0 Å². The number of aryl methyl sites for hydroxylation is 1. The monoisotopic (exact) mass is 356 g/mol. The second-order valence-corrected chi connectivity index (χ2v) is 6.56. The van der Waals surface area contributed by atoms with Crippen LogP contribution in [0.1, 0.15) is 45.1 Å². The van der Waals surface area contributed by atoms with E-state index < -0.39 is 17.7 Å². The summed E-state index contributed by atoms with van der Waals surface area (Å²) in [6, 6.07) is 6.75. The molecule has 0 fully saturated rings. The third kappa shape index (κ3) is 5.88. The maximum Gasteiger partial charge on any atom is 0.471 e. The van der Waals surface area contributed by atoms with E-state index in [1.54, 1.807) is 24.3 Å². The molecular formula is C17H19F3N2O3. The molecule has 0 atom stereocenters. The van der Waals surface area contributed by atoms with Crippen LogP contribution in [0.5, 0.6) is 0 Å². The number of halogens is 3. The first-order valence-electron chi connectivity index (χ1n) is 7.77. The molecule has 2 aromatic rings. The van der Waals surface area contributed by atoms with Gasteiger partial charge in [-0.15, -0.1) is 0 Å². The van der Waals surface area contributed by atoms with Gasteiger partial charge < -0.3 is 9.26 Å². The van der Waals surface area contributed by atoms with Crippen molar-refractivity contribution in [1.29, 1.82) is 0 Å². The van der Waals surface area contributed by atoms with Crippen molar-refractivity contribution < 1.29 is 27.2 Å². The number of aromatic nitrogens is 2. The molecule has 0 saturated carbocycles. The summed E-state index contributed by atoms with van der Waals surface area (Å²) in [4.78, 5) is 15.0. The van der Waals surface area contributed by atoms with Crippen molar-refractivity contribution in [2.24, 2.45) is 0 Å². The molecule has 1 heterocycles. The maximum absolute atomic E-state index is 12.5. The summed E-state index contributed by atoms with van der Waals surface area (Å²) in [6.45, 7) is 5.43. The van der Waals surface area contributed by atoms with Crippen molar-refractivity contribution in [2.45, 2.75) is 51.8 Å². The van der Waals surface area contributed by atoms with Gasteiger partial charge in [0.1, 0.15) is 5.60 Å². The Morgan fingerprint density at radius 3 is 2.32 bits per heavy atom. The fourth-order valence-corrected chi connectivity index (χ4v) is 2.11. The molecule has 1 aromatic heterocycles. The highest BCUT2D eigenvalue weighted by molar-refractivity contribution is 5.69. The highest BCUT2D eigenvalue weighted by Gasteiger charge is 2.38. The van der Waals surface area contributed by atoms with Crippen molar-refractivity contribution in [3.05, 3.63) is 35.7 Å². The summed E-state index contributed by atoms with van der Waals surface area (Å²) in [6.07, 6.45) is -3.08. The van der Waals surface area contributed by atoms with Crippen LogP contribution < -0.4 is 0 Å². The Labute approximate surface area is 143 Å². The minimum Gasteiger partial charge on any atom is -0.460 e. The predicted octanol–water partition coefficient (Wildman–Crippen LogP) is 4.42. The van der Waals surface area contributed by atoms with E-state index in [0.29, 0.717) is 24.8 Å². The zero-order chi connectivity index (χ0) is 18.7. The van der Waals surface area contributed by atoms with E-state index in [2.05, 4.69) is 14.7 Å². The van der Waals surface area contributed by atoms with Crippen molar-refractivity contribution in [3.63, 3.8) is 0 Å². The van der Waals surface area contributed by atoms with Gasteiger partial charge in [-0.1, -0.05) is 29.4 Å². The molecule has 0 saturated heterocycles. The van der Waals surface area contributed by atoms with E-state index >= 15 is 0 Å². The average molecular weight is 356 g/mol. The number of hydrogen-bond donors (Lipinski definition) is 0. The van der Waals surface area contributed by atoms with E-state index in [4.69, 9.17) is 4.74 Å². The van der Waals surface area contributed by atoms with Crippen LogP contribution in [-0.2, 0) is 22.1 Å². The number of benzene rings is 1. The van der Waals surface area contributed by atoms with Gasteiger partial charge in [-0.25, -0.2) is 0 Å². The number of alkyl halides is 3. The highest BCUT2D eigenvalue weighted by atomic mass is 19.4. The van der Waals surface area contributed by atoms with Gasteiger partial charge in [0.2, 0.25) is 5.82 Å². The van der Waals surface area contributed by atoms with Gasteiger partial charge in [-0.3, -0.25) is 4.79 Å². The van der Waals surface area contributed by atoms with E-state index in [1.807, 2.05) is 20.8 Å². The van der Waals surface area contributed by atoms with Crippen molar-refractivity contribution in [2.75, 3.05) is 0 Å². The lowest BCUT2D eigenvalue weighted by molar-refractivity contribution is -0.159. The normalized spacial score (nSPS) is 12.2. The summed E-state index contributed by atoms with van der Waals surface area (Å²) in [5.41, 5.74) is 0.875. The Hall–Kier alpha value is -2.38. The fraction of sp³-hybridized carbons (Fsp3) is 0.471. The molecule has 0 aliphatic carbocycles. The first-order chi connectivity index (χ1) is 11.5. The van der Waals surface area contributed by atoms with Gasteiger partial charge in [0.15, 0.2) is 0 Å². The zero-order valence-electron chi connectivity index (χ0n) is 14.2. The summed E-state index contributed by atoms with van der Waals surface area (Å²) in [7, 11) is 0. The summed E-state index contributed by atoms with van der Waals surface area (Å²) < 4.78 is 46.8. The van der Waals surface area contributed by atoms with E-state index in [-0.39, 0.29) is 11.8 Å². The molecule has 136 valence electrons. The SMILES string of the molecule is CC(C)(C)OC(=O)CCCc1ccc(-c2noc(C(F)(F)F)n2)cc1. The molecule has 25 heavy (non-hydrogen) atoms. The van der Waals surface area contributed by atoms with Crippen LogP contribution >= 0.6 is 0 Å². The molecule has 0 N–H and O–H groups in total. The molecule has 2 rings (SSSR count). The van der Waals surface area contributed by atoms with Crippen molar-refractivity contribution in [3.8, 4) is 11.4 Å². The molecule has 5 nitrogen and oxygen atoms in total. The van der Waals surface area contributed by atoms with Crippen molar-refractivity contribution in [1.82, 2.24) is 10.1 Å². The van der Waals surface area contributed by atoms with Crippen LogP contribution in [0.2, 0.25) is 0 Å². The molecule has 0 amide bonds. The van der Waals surface area contributed by atoms with E-state index in [0.717, 1.165) is 5.56 Å². The second kappa shape index (κ2) is 7.25. The minimum absolute atomic E-state index is 0.118. The largest absolute Gasteiger partial charge is 0.471 e. The number of nitrogens with zero attached hydrogens (tertiary/aromatic N) is 2. The lowest BCUT2D eigenvalue weighted by Crippen LogP contribution is -2.23. The smallest absolute Gasteiger partial charge is 0.460 e. The number of carbonyl (C=O) groups excluding carboxylic acids is 1. The molecule has 0 bridgehead atoms. The maximum atomic E-state index is 12.5. The number of ether oxygens (including phenoxy) is 1. The lowest BCUT2D eigenvalue weighted by atomic mass is 10.1. The molecular weight excluding hydrogens is 337 g/mol. The second-order valence-electron chi connectivity index (χ2n) is 6.56. The molecule has 0 unspecified atom stereocenters. The van der Waals surface area contributed by atoms with Crippen LogP contribution in [0.4, 0.5) is 13.2 Å². The standard InChI is InChI=1S/C17H19F3N2O3/c1-16(2,3)24-13(23)6-4-5-11-7-9-12(10-8-11)14-21-15(25-22-14)17(18,19)20/h7-10H,4-6H2,1-3H3. The Morgan fingerprint density at radius 2 is 1.80 bits per heavy atom. The molecule has 8 heteroatoms. The quantitative estimate of drug-likeness (QED) is 0.742. The van der Waals surface area contributed by atoms with Crippen molar-refractivity contribution >= 4 is 5.97 Å². The Balaban J connectivity index is 1.90. The van der Waals surface area contributed by atoms with Crippen LogP contribution in [0.3, 0.4) is 0 Å². The summed E-state index contributed by atoms with van der Waals surface area (Å²) in [5, 5.41) is 3.33. The Bertz CT molecular complexity index is 716. The third-order valence-electron chi connectivity index (χ3n) is 3.15. The summed E-state index contributed by atoms with van der Waals surface area (Å²) >= 11 is 0. The molecule has 0 aliphatic rings.